The topological polar surface area (TPSA) is 55.1 Å². The lowest BCUT2D eigenvalue weighted by atomic mass is 9.84. The molecule has 0 bridgehead atoms. The van der Waals surface area contributed by atoms with Crippen LogP contribution in [0.4, 0.5) is 0 Å². The zero-order valence-corrected chi connectivity index (χ0v) is 11.8. The van der Waals surface area contributed by atoms with Crippen molar-refractivity contribution >= 4 is 5.91 Å². The second-order valence-corrected chi connectivity index (χ2v) is 6.88. The summed E-state index contributed by atoms with van der Waals surface area (Å²) >= 11 is 0. The highest BCUT2D eigenvalue weighted by molar-refractivity contribution is 5.76. The Balaban J connectivity index is 2.15. The van der Waals surface area contributed by atoms with Crippen molar-refractivity contribution in [2.45, 2.75) is 59.4 Å². The van der Waals surface area contributed by atoms with Crippen molar-refractivity contribution < 1.29 is 4.79 Å². The number of rotatable bonds is 6. The molecule has 0 aromatic heterocycles. The predicted octanol–water partition coefficient (Wildman–Crippen LogP) is 2.30. The summed E-state index contributed by atoms with van der Waals surface area (Å²) in [6.07, 6.45) is 4.17. The molecular weight excluding hydrogens is 212 g/mol. The molecule has 0 heterocycles. The van der Waals surface area contributed by atoms with E-state index in [9.17, 15) is 4.79 Å². The van der Waals surface area contributed by atoms with Gasteiger partial charge in [0, 0.05) is 19.0 Å². The van der Waals surface area contributed by atoms with Gasteiger partial charge in [0.2, 0.25) is 5.91 Å². The summed E-state index contributed by atoms with van der Waals surface area (Å²) in [5.74, 6) is 1.24. The monoisotopic (exact) mass is 240 g/mol. The fourth-order valence-electron chi connectivity index (χ4n) is 2.43. The molecule has 17 heavy (non-hydrogen) atoms. The number of carbonyl (C=O) groups excluding carboxylic acids is 1. The Kier molecular flexibility index (Phi) is 4.99. The Morgan fingerprint density at radius 1 is 1.41 bits per heavy atom. The number of nitrogens with one attached hydrogen (secondary N) is 1. The standard InChI is InChI=1S/C14H28N2O/c1-10(8-14(2,3)4)7-13(17)16-9-12(15)11-5-6-11/h10-12H,5-9,15H2,1-4H3,(H,16,17). The molecule has 3 heteroatoms. The normalized spacial score (nSPS) is 19.8. The maximum absolute atomic E-state index is 11.7. The zero-order valence-electron chi connectivity index (χ0n) is 11.8. The summed E-state index contributed by atoms with van der Waals surface area (Å²) < 4.78 is 0. The quantitative estimate of drug-likeness (QED) is 0.748. The van der Waals surface area contributed by atoms with Crippen LogP contribution < -0.4 is 11.1 Å². The first-order valence-electron chi connectivity index (χ1n) is 6.80. The maximum atomic E-state index is 11.7. The molecule has 3 N–H and O–H groups in total. The molecule has 0 aliphatic heterocycles. The van der Waals surface area contributed by atoms with Gasteiger partial charge in [0.05, 0.1) is 0 Å². The molecule has 0 aromatic carbocycles. The third kappa shape index (κ3) is 6.67. The van der Waals surface area contributed by atoms with E-state index in [4.69, 9.17) is 5.73 Å². The summed E-state index contributed by atoms with van der Waals surface area (Å²) in [6.45, 7) is 9.43. The molecule has 0 aromatic rings. The largest absolute Gasteiger partial charge is 0.355 e. The average molecular weight is 240 g/mol. The van der Waals surface area contributed by atoms with Crippen LogP contribution in [0.3, 0.4) is 0 Å². The Bertz CT molecular complexity index is 253. The molecule has 1 fully saturated rings. The summed E-state index contributed by atoms with van der Waals surface area (Å²) in [7, 11) is 0. The average Bonchev–Trinajstić information content (AvgIpc) is 2.93. The zero-order chi connectivity index (χ0) is 13.1. The van der Waals surface area contributed by atoms with Crippen molar-refractivity contribution in [3.63, 3.8) is 0 Å². The van der Waals surface area contributed by atoms with Crippen LogP contribution >= 0.6 is 0 Å². The van der Waals surface area contributed by atoms with E-state index < -0.39 is 0 Å². The van der Waals surface area contributed by atoms with Gasteiger partial charge in [-0.1, -0.05) is 27.7 Å². The van der Waals surface area contributed by atoms with Crippen LogP contribution in [0.25, 0.3) is 0 Å². The molecule has 0 spiro atoms. The van der Waals surface area contributed by atoms with Crippen LogP contribution in [0, 0.1) is 17.3 Å². The van der Waals surface area contributed by atoms with E-state index in [2.05, 4.69) is 33.0 Å². The Morgan fingerprint density at radius 2 is 2.00 bits per heavy atom. The molecule has 1 aliphatic carbocycles. The summed E-state index contributed by atoms with van der Waals surface area (Å²) in [5.41, 5.74) is 6.24. The molecule has 2 atom stereocenters. The SMILES string of the molecule is CC(CC(=O)NCC(N)C1CC1)CC(C)(C)C. The first kappa shape index (κ1) is 14.5. The number of amides is 1. The van der Waals surface area contributed by atoms with Crippen molar-refractivity contribution in [2.24, 2.45) is 23.0 Å². The Morgan fingerprint density at radius 3 is 2.47 bits per heavy atom. The highest BCUT2D eigenvalue weighted by Crippen LogP contribution is 2.31. The number of hydrogen-bond acceptors (Lipinski definition) is 2. The minimum atomic E-state index is 0.151. The van der Waals surface area contributed by atoms with E-state index in [1.165, 1.54) is 12.8 Å². The fourth-order valence-corrected chi connectivity index (χ4v) is 2.43. The van der Waals surface area contributed by atoms with Gasteiger partial charge < -0.3 is 11.1 Å². The lowest BCUT2D eigenvalue weighted by Gasteiger charge is -2.23. The van der Waals surface area contributed by atoms with Crippen molar-refractivity contribution in [3.8, 4) is 0 Å². The van der Waals surface area contributed by atoms with Crippen LogP contribution in [0.15, 0.2) is 0 Å². The van der Waals surface area contributed by atoms with Gasteiger partial charge in [-0.05, 0) is 36.5 Å². The number of carbonyl (C=O) groups is 1. The second kappa shape index (κ2) is 5.85. The molecule has 1 rings (SSSR count). The lowest BCUT2D eigenvalue weighted by Crippen LogP contribution is -2.39. The fraction of sp³-hybridized carbons (Fsp3) is 0.929. The first-order chi connectivity index (χ1) is 7.78. The van der Waals surface area contributed by atoms with E-state index in [0.717, 1.165) is 6.42 Å². The summed E-state index contributed by atoms with van der Waals surface area (Å²) in [5, 5.41) is 2.96. The molecule has 1 amide bonds. The minimum absolute atomic E-state index is 0.151. The van der Waals surface area contributed by atoms with Crippen LogP contribution in [0.1, 0.15) is 53.4 Å². The van der Waals surface area contributed by atoms with Gasteiger partial charge >= 0.3 is 0 Å². The van der Waals surface area contributed by atoms with E-state index in [-0.39, 0.29) is 11.9 Å². The molecule has 0 radical (unpaired) electrons. The van der Waals surface area contributed by atoms with Gasteiger partial charge in [-0.2, -0.15) is 0 Å². The highest BCUT2D eigenvalue weighted by atomic mass is 16.1. The molecule has 2 unspecified atom stereocenters. The third-order valence-electron chi connectivity index (χ3n) is 3.26. The summed E-state index contributed by atoms with van der Waals surface area (Å²) in [6, 6.07) is 0.164. The number of nitrogens with two attached hydrogens (primary N) is 1. The van der Waals surface area contributed by atoms with Crippen molar-refractivity contribution in [1.82, 2.24) is 5.32 Å². The van der Waals surface area contributed by atoms with E-state index >= 15 is 0 Å². The highest BCUT2D eigenvalue weighted by Gasteiger charge is 2.28. The van der Waals surface area contributed by atoms with Crippen molar-refractivity contribution in [2.75, 3.05) is 6.54 Å². The predicted molar refractivity (Wildman–Crippen MR) is 71.6 cm³/mol. The first-order valence-corrected chi connectivity index (χ1v) is 6.80. The minimum Gasteiger partial charge on any atom is -0.355 e. The van der Waals surface area contributed by atoms with Crippen LogP contribution in [0.2, 0.25) is 0 Å². The molecule has 100 valence electrons. The second-order valence-electron chi connectivity index (χ2n) is 6.88. The molecule has 1 saturated carbocycles. The van der Waals surface area contributed by atoms with E-state index in [1.54, 1.807) is 0 Å². The van der Waals surface area contributed by atoms with E-state index in [1.807, 2.05) is 0 Å². The van der Waals surface area contributed by atoms with Gasteiger partial charge in [-0.25, -0.2) is 0 Å². The van der Waals surface area contributed by atoms with E-state index in [0.29, 0.717) is 30.2 Å². The summed E-state index contributed by atoms with van der Waals surface area (Å²) in [4.78, 5) is 11.7. The van der Waals surface area contributed by atoms with Gasteiger partial charge in [0.25, 0.3) is 0 Å². The maximum Gasteiger partial charge on any atom is 0.220 e. The Labute approximate surface area is 106 Å². The van der Waals surface area contributed by atoms with Gasteiger partial charge in [0.15, 0.2) is 0 Å². The van der Waals surface area contributed by atoms with Crippen LogP contribution in [-0.2, 0) is 4.79 Å². The third-order valence-corrected chi connectivity index (χ3v) is 3.26. The van der Waals surface area contributed by atoms with Gasteiger partial charge in [-0.15, -0.1) is 0 Å². The molecule has 1 aliphatic rings. The van der Waals surface area contributed by atoms with Crippen LogP contribution in [0.5, 0.6) is 0 Å². The molecular formula is C14H28N2O. The smallest absolute Gasteiger partial charge is 0.220 e. The molecule has 0 saturated heterocycles. The Hall–Kier alpha value is -0.570. The number of hydrogen-bond donors (Lipinski definition) is 2. The van der Waals surface area contributed by atoms with Gasteiger partial charge in [-0.3, -0.25) is 4.79 Å². The lowest BCUT2D eigenvalue weighted by molar-refractivity contribution is -0.122. The van der Waals surface area contributed by atoms with Crippen LogP contribution in [-0.4, -0.2) is 18.5 Å². The van der Waals surface area contributed by atoms with Crippen molar-refractivity contribution in [1.29, 1.82) is 0 Å². The van der Waals surface area contributed by atoms with Crippen molar-refractivity contribution in [3.05, 3.63) is 0 Å². The molecule has 3 nitrogen and oxygen atoms in total. The van der Waals surface area contributed by atoms with Gasteiger partial charge in [0.1, 0.15) is 0 Å².